The van der Waals surface area contributed by atoms with E-state index in [1.54, 1.807) is 13.3 Å². The first-order valence-corrected chi connectivity index (χ1v) is 8.79. The maximum Gasteiger partial charge on any atom is 0.229 e. The molecule has 1 N–H and O–H groups in total. The van der Waals surface area contributed by atoms with Crippen LogP contribution in [0, 0.1) is 0 Å². The first-order chi connectivity index (χ1) is 11.7. The van der Waals surface area contributed by atoms with Gasteiger partial charge in [0, 0.05) is 24.5 Å². The SMILES string of the molecule is CCC1CCCCN1c1ccnc(Nc2ccc(OC)c(Cl)c2)n1. The number of ether oxygens (including phenoxy) is 1. The Bertz CT molecular complexity index is 694. The molecular weight excluding hydrogens is 324 g/mol. The summed E-state index contributed by atoms with van der Waals surface area (Å²) in [6, 6.07) is 8.09. The molecule has 0 amide bonds. The van der Waals surface area contributed by atoms with Crippen molar-refractivity contribution in [3.63, 3.8) is 0 Å². The van der Waals surface area contributed by atoms with Crippen LogP contribution in [0.3, 0.4) is 0 Å². The lowest BCUT2D eigenvalue weighted by Gasteiger charge is -2.36. The Balaban J connectivity index is 1.79. The molecule has 0 radical (unpaired) electrons. The molecule has 2 heterocycles. The molecule has 6 heteroatoms. The minimum Gasteiger partial charge on any atom is -0.495 e. The van der Waals surface area contributed by atoms with Crippen LogP contribution in [-0.4, -0.2) is 29.7 Å². The van der Waals surface area contributed by atoms with Gasteiger partial charge in [0.1, 0.15) is 11.6 Å². The normalized spacial score (nSPS) is 17.6. The van der Waals surface area contributed by atoms with Crippen molar-refractivity contribution in [3.05, 3.63) is 35.5 Å². The second-order valence-corrected chi connectivity index (χ2v) is 6.37. The Labute approximate surface area is 148 Å². The molecule has 5 nitrogen and oxygen atoms in total. The smallest absolute Gasteiger partial charge is 0.229 e. The third-order valence-corrected chi connectivity index (χ3v) is 4.74. The summed E-state index contributed by atoms with van der Waals surface area (Å²) in [5, 5.41) is 3.78. The number of piperidine rings is 1. The molecule has 1 aromatic heterocycles. The minimum atomic E-state index is 0.556. The van der Waals surface area contributed by atoms with E-state index in [1.807, 2.05) is 24.3 Å². The van der Waals surface area contributed by atoms with Gasteiger partial charge in [-0.2, -0.15) is 4.98 Å². The van der Waals surface area contributed by atoms with Gasteiger partial charge in [-0.05, 0) is 49.9 Å². The lowest BCUT2D eigenvalue weighted by molar-refractivity contribution is 0.415. The lowest BCUT2D eigenvalue weighted by Crippen LogP contribution is -2.39. The highest BCUT2D eigenvalue weighted by molar-refractivity contribution is 6.32. The number of anilines is 3. The van der Waals surface area contributed by atoms with Crippen molar-refractivity contribution in [3.8, 4) is 5.75 Å². The van der Waals surface area contributed by atoms with Crippen LogP contribution < -0.4 is 15.0 Å². The summed E-state index contributed by atoms with van der Waals surface area (Å²) in [5.41, 5.74) is 0.837. The maximum atomic E-state index is 6.17. The molecule has 1 fully saturated rings. The molecule has 1 atom stereocenters. The van der Waals surface area contributed by atoms with Crippen molar-refractivity contribution >= 4 is 29.1 Å². The molecule has 1 saturated heterocycles. The van der Waals surface area contributed by atoms with E-state index in [2.05, 4.69) is 22.1 Å². The molecular formula is C18H23ClN4O. The van der Waals surface area contributed by atoms with E-state index in [4.69, 9.17) is 21.3 Å². The average Bonchev–Trinajstić information content (AvgIpc) is 2.62. The zero-order valence-corrected chi connectivity index (χ0v) is 14.9. The Morgan fingerprint density at radius 2 is 2.21 bits per heavy atom. The van der Waals surface area contributed by atoms with E-state index < -0.39 is 0 Å². The van der Waals surface area contributed by atoms with Gasteiger partial charge in [0.05, 0.1) is 12.1 Å². The molecule has 0 aliphatic carbocycles. The summed E-state index contributed by atoms with van der Waals surface area (Å²) in [6.07, 6.45) is 6.70. The number of hydrogen-bond acceptors (Lipinski definition) is 5. The third kappa shape index (κ3) is 3.73. The second kappa shape index (κ2) is 7.71. The topological polar surface area (TPSA) is 50.3 Å². The molecule has 1 aromatic carbocycles. The van der Waals surface area contributed by atoms with E-state index >= 15 is 0 Å². The number of rotatable bonds is 5. The fourth-order valence-electron chi connectivity index (χ4n) is 3.17. The van der Waals surface area contributed by atoms with Crippen molar-refractivity contribution in [1.82, 2.24) is 9.97 Å². The number of methoxy groups -OCH3 is 1. The van der Waals surface area contributed by atoms with Crippen LogP contribution in [0.1, 0.15) is 32.6 Å². The number of halogens is 1. The average molecular weight is 347 g/mol. The van der Waals surface area contributed by atoms with Gasteiger partial charge in [-0.15, -0.1) is 0 Å². The monoisotopic (exact) mass is 346 g/mol. The molecule has 2 aromatic rings. The van der Waals surface area contributed by atoms with Crippen LogP contribution in [-0.2, 0) is 0 Å². The highest BCUT2D eigenvalue weighted by Crippen LogP contribution is 2.29. The Kier molecular flexibility index (Phi) is 5.41. The van der Waals surface area contributed by atoms with Crippen LogP contribution in [0.2, 0.25) is 5.02 Å². The van der Waals surface area contributed by atoms with Gasteiger partial charge in [0.2, 0.25) is 5.95 Å². The highest BCUT2D eigenvalue weighted by Gasteiger charge is 2.22. The summed E-state index contributed by atoms with van der Waals surface area (Å²) in [4.78, 5) is 11.4. The van der Waals surface area contributed by atoms with E-state index in [1.165, 1.54) is 19.3 Å². The first kappa shape index (κ1) is 16.8. The van der Waals surface area contributed by atoms with E-state index in [9.17, 15) is 0 Å². The molecule has 0 bridgehead atoms. The van der Waals surface area contributed by atoms with Crippen molar-refractivity contribution in [2.45, 2.75) is 38.6 Å². The van der Waals surface area contributed by atoms with Crippen molar-refractivity contribution in [1.29, 1.82) is 0 Å². The Morgan fingerprint density at radius 3 is 2.96 bits per heavy atom. The number of nitrogens with zero attached hydrogens (tertiary/aromatic N) is 3. The molecule has 0 saturated carbocycles. The van der Waals surface area contributed by atoms with E-state index in [0.717, 1.165) is 24.5 Å². The zero-order valence-electron chi connectivity index (χ0n) is 14.1. The van der Waals surface area contributed by atoms with Crippen LogP contribution >= 0.6 is 11.6 Å². The zero-order chi connectivity index (χ0) is 16.9. The van der Waals surface area contributed by atoms with Gasteiger partial charge in [0.25, 0.3) is 0 Å². The molecule has 3 rings (SSSR count). The van der Waals surface area contributed by atoms with Gasteiger partial charge in [0.15, 0.2) is 0 Å². The molecule has 1 aliphatic rings. The van der Waals surface area contributed by atoms with Crippen LogP contribution in [0.5, 0.6) is 5.75 Å². The van der Waals surface area contributed by atoms with Crippen LogP contribution in [0.4, 0.5) is 17.5 Å². The van der Waals surface area contributed by atoms with E-state index in [0.29, 0.717) is 22.8 Å². The number of nitrogens with one attached hydrogen (secondary N) is 1. The predicted octanol–water partition coefficient (Wildman–Crippen LogP) is 4.65. The van der Waals surface area contributed by atoms with Gasteiger partial charge >= 0.3 is 0 Å². The first-order valence-electron chi connectivity index (χ1n) is 8.41. The Hall–Kier alpha value is -2.01. The predicted molar refractivity (Wildman–Crippen MR) is 98.6 cm³/mol. The van der Waals surface area contributed by atoms with Crippen molar-refractivity contribution in [2.24, 2.45) is 0 Å². The largest absolute Gasteiger partial charge is 0.495 e. The summed E-state index contributed by atoms with van der Waals surface area (Å²) in [7, 11) is 1.60. The molecule has 128 valence electrons. The fraction of sp³-hybridized carbons (Fsp3) is 0.444. The molecule has 24 heavy (non-hydrogen) atoms. The van der Waals surface area contributed by atoms with Gasteiger partial charge in [-0.3, -0.25) is 0 Å². The van der Waals surface area contributed by atoms with Gasteiger partial charge in [-0.25, -0.2) is 4.98 Å². The van der Waals surface area contributed by atoms with Crippen molar-refractivity contribution in [2.75, 3.05) is 23.9 Å². The summed E-state index contributed by atoms with van der Waals surface area (Å²) in [5.74, 6) is 2.21. The number of benzene rings is 1. The van der Waals surface area contributed by atoms with Gasteiger partial charge < -0.3 is 15.0 Å². The third-order valence-electron chi connectivity index (χ3n) is 4.44. The standard InChI is InChI=1S/C18H23ClN4O/c1-3-14-6-4-5-11-23(14)17-9-10-20-18(22-17)21-13-7-8-16(24-2)15(19)12-13/h7-10,12,14H,3-6,11H2,1-2H3,(H,20,21,22). The highest BCUT2D eigenvalue weighted by atomic mass is 35.5. The molecule has 1 aliphatic heterocycles. The minimum absolute atomic E-state index is 0.556. The summed E-state index contributed by atoms with van der Waals surface area (Å²) < 4.78 is 5.18. The quantitative estimate of drug-likeness (QED) is 0.853. The fourth-order valence-corrected chi connectivity index (χ4v) is 3.43. The van der Waals surface area contributed by atoms with Crippen LogP contribution in [0.25, 0.3) is 0 Å². The second-order valence-electron chi connectivity index (χ2n) is 5.96. The van der Waals surface area contributed by atoms with E-state index in [-0.39, 0.29) is 0 Å². The maximum absolute atomic E-state index is 6.17. The molecule has 1 unspecified atom stereocenters. The number of aromatic nitrogens is 2. The van der Waals surface area contributed by atoms with Crippen LogP contribution in [0.15, 0.2) is 30.5 Å². The number of hydrogen-bond donors (Lipinski definition) is 1. The summed E-state index contributed by atoms with van der Waals surface area (Å²) in [6.45, 7) is 3.30. The lowest BCUT2D eigenvalue weighted by atomic mass is 10.0. The van der Waals surface area contributed by atoms with Gasteiger partial charge in [-0.1, -0.05) is 18.5 Å². The Morgan fingerprint density at radius 1 is 1.33 bits per heavy atom. The van der Waals surface area contributed by atoms with Crippen molar-refractivity contribution < 1.29 is 4.74 Å². The molecule has 0 spiro atoms. The summed E-state index contributed by atoms with van der Waals surface area (Å²) >= 11 is 6.17.